The largest absolute Gasteiger partial charge is 0.294 e. The molecule has 9 aromatic rings. The fraction of sp³-hybridized carbons (Fsp3) is 0.130. The van der Waals surface area contributed by atoms with Crippen molar-refractivity contribution in [2.75, 3.05) is 0 Å². The van der Waals surface area contributed by atoms with Crippen molar-refractivity contribution in [1.82, 2.24) is 19.1 Å². The molecule has 0 unspecified atom stereocenters. The minimum absolute atomic E-state index is 0.506. The predicted molar refractivity (Wildman–Crippen MR) is 207 cm³/mol. The maximum absolute atomic E-state index is 5.55. The molecular formula is C46H36N4. The van der Waals surface area contributed by atoms with Crippen LogP contribution in [0.15, 0.2) is 152 Å². The zero-order valence-corrected chi connectivity index (χ0v) is 27.8. The molecule has 3 aromatic heterocycles. The Kier molecular flexibility index (Phi) is 6.87. The molecule has 0 bridgehead atoms. The summed E-state index contributed by atoms with van der Waals surface area (Å²) in [5.41, 5.74) is 10.4. The number of rotatable bonds is 5. The van der Waals surface area contributed by atoms with Crippen LogP contribution in [0.2, 0.25) is 0 Å². The van der Waals surface area contributed by atoms with E-state index in [0.717, 1.165) is 33.6 Å². The monoisotopic (exact) mass is 644 g/mol. The van der Waals surface area contributed by atoms with Gasteiger partial charge in [0.05, 0.1) is 27.8 Å². The number of fused-ring (bicyclic) bond motifs is 6. The van der Waals surface area contributed by atoms with Gasteiger partial charge in [-0.1, -0.05) is 135 Å². The van der Waals surface area contributed by atoms with E-state index in [-0.39, 0.29) is 0 Å². The Morgan fingerprint density at radius 1 is 0.440 bits per heavy atom. The zero-order chi connectivity index (χ0) is 33.0. The van der Waals surface area contributed by atoms with Crippen LogP contribution in [0, 0.1) is 0 Å². The minimum Gasteiger partial charge on any atom is -0.294 e. The van der Waals surface area contributed by atoms with Crippen molar-refractivity contribution in [3.63, 3.8) is 0 Å². The Morgan fingerprint density at radius 2 is 0.960 bits per heavy atom. The molecule has 4 nitrogen and oxygen atoms in total. The Morgan fingerprint density at radius 3 is 1.54 bits per heavy atom. The third kappa shape index (κ3) is 4.67. The maximum Gasteiger partial charge on any atom is 0.237 e. The summed E-state index contributed by atoms with van der Waals surface area (Å²) >= 11 is 0. The quantitative estimate of drug-likeness (QED) is 0.187. The molecule has 4 heteroatoms. The first-order chi connectivity index (χ1) is 24.8. The van der Waals surface area contributed by atoms with Gasteiger partial charge in [0, 0.05) is 33.2 Å². The molecule has 0 aliphatic heterocycles. The van der Waals surface area contributed by atoms with Crippen LogP contribution >= 0.6 is 0 Å². The van der Waals surface area contributed by atoms with Crippen LogP contribution in [0.4, 0.5) is 0 Å². The highest BCUT2D eigenvalue weighted by molar-refractivity contribution is 6.10. The summed E-state index contributed by atoms with van der Waals surface area (Å²) in [6.07, 6.45) is 6.28. The molecule has 0 amide bonds. The number of nitrogens with zero attached hydrogens (tertiary/aromatic N) is 4. The van der Waals surface area contributed by atoms with Gasteiger partial charge in [0.2, 0.25) is 5.95 Å². The van der Waals surface area contributed by atoms with Crippen LogP contribution in [0.25, 0.3) is 77.8 Å². The first-order valence-electron chi connectivity index (χ1n) is 17.9. The minimum atomic E-state index is 0.506. The van der Waals surface area contributed by atoms with Gasteiger partial charge < -0.3 is 0 Å². The smallest absolute Gasteiger partial charge is 0.237 e. The first kappa shape index (κ1) is 29.0. The second-order valence-electron chi connectivity index (χ2n) is 13.7. The predicted octanol–water partition coefficient (Wildman–Crippen LogP) is 12.1. The first-order valence-corrected chi connectivity index (χ1v) is 17.9. The Bertz CT molecular complexity index is 2450. The van der Waals surface area contributed by atoms with Crippen molar-refractivity contribution in [1.29, 1.82) is 0 Å². The average Bonchev–Trinajstić information content (AvgIpc) is 3.71. The molecule has 1 saturated carbocycles. The van der Waals surface area contributed by atoms with E-state index >= 15 is 0 Å². The van der Waals surface area contributed by atoms with E-state index < -0.39 is 0 Å². The van der Waals surface area contributed by atoms with Gasteiger partial charge in [-0.3, -0.25) is 9.13 Å². The molecule has 0 atom stereocenters. The lowest BCUT2D eigenvalue weighted by molar-refractivity contribution is 0.444. The van der Waals surface area contributed by atoms with Gasteiger partial charge in [0.1, 0.15) is 5.82 Å². The number of benzene rings is 6. The highest BCUT2D eigenvalue weighted by atomic mass is 15.2. The van der Waals surface area contributed by atoms with Crippen LogP contribution < -0.4 is 0 Å². The summed E-state index contributed by atoms with van der Waals surface area (Å²) in [7, 11) is 0. The van der Waals surface area contributed by atoms with Gasteiger partial charge >= 0.3 is 0 Å². The Balaban J connectivity index is 1.31. The molecule has 3 heterocycles. The fourth-order valence-corrected chi connectivity index (χ4v) is 8.44. The van der Waals surface area contributed by atoms with E-state index in [0.29, 0.717) is 11.9 Å². The third-order valence-corrected chi connectivity index (χ3v) is 10.8. The SMILES string of the molecule is c1ccc(-c2ccc(C3CCCCC3)c(-c3cc(-n4c5ccccc5c5ccccc54)nc(-n4c5ccccc5c5ccccc54)n3)c2)cc1. The van der Waals surface area contributed by atoms with Gasteiger partial charge in [-0.05, 0) is 65.8 Å². The van der Waals surface area contributed by atoms with Crippen molar-refractivity contribution in [2.24, 2.45) is 0 Å². The standard InChI is InChI=1S/C46H36N4/c1-3-15-31(16-4-1)33-27-28-34(32-17-5-2-6-18-32)39(29-33)40-30-45(49-41-23-11-7-19-35(41)36-20-8-12-24-42(36)49)48-46(47-40)50-43-25-13-9-21-37(43)38-22-10-14-26-44(38)50/h1,3-4,7-16,19-30,32H,2,5-6,17-18H2. The molecule has 0 spiro atoms. The van der Waals surface area contributed by atoms with Crippen molar-refractivity contribution in [3.05, 3.63) is 157 Å². The summed E-state index contributed by atoms with van der Waals surface area (Å²) in [5, 5.41) is 4.83. The summed E-state index contributed by atoms with van der Waals surface area (Å²) in [4.78, 5) is 11.0. The lowest BCUT2D eigenvalue weighted by Gasteiger charge is -2.25. The molecule has 0 saturated heterocycles. The van der Waals surface area contributed by atoms with E-state index in [4.69, 9.17) is 9.97 Å². The summed E-state index contributed by atoms with van der Waals surface area (Å²) in [5.74, 6) is 2.05. The van der Waals surface area contributed by atoms with Gasteiger partial charge in [-0.25, -0.2) is 4.98 Å². The maximum atomic E-state index is 5.55. The highest BCUT2D eigenvalue weighted by Crippen LogP contribution is 2.41. The van der Waals surface area contributed by atoms with Crippen LogP contribution in [-0.4, -0.2) is 19.1 Å². The second-order valence-corrected chi connectivity index (χ2v) is 13.7. The highest BCUT2D eigenvalue weighted by Gasteiger charge is 2.24. The molecule has 240 valence electrons. The topological polar surface area (TPSA) is 35.6 Å². The van der Waals surface area contributed by atoms with Crippen LogP contribution in [0.3, 0.4) is 0 Å². The van der Waals surface area contributed by atoms with E-state index in [1.54, 1.807) is 0 Å². The van der Waals surface area contributed by atoms with Crippen LogP contribution in [0.1, 0.15) is 43.6 Å². The van der Waals surface area contributed by atoms with Gasteiger partial charge in [-0.15, -0.1) is 0 Å². The molecular weight excluding hydrogens is 609 g/mol. The van der Waals surface area contributed by atoms with Gasteiger partial charge in [-0.2, -0.15) is 4.98 Å². The molecule has 0 N–H and O–H groups in total. The molecule has 1 aliphatic carbocycles. The van der Waals surface area contributed by atoms with Crippen molar-refractivity contribution in [3.8, 4) is 34.2 Å². The zero-order valence-electron chi connectivity index (χ0n) is 27.8. The summed E-state index contributed by atoms with van der Waals surface area (Å²) < 4.78 is 4.58. The Labute approximate surface area is 291 Å². The molecule has 0 radical (unpaired) electrons. The molecule has 10 rings (SSSR count). The summed E-state index contributed by atoms with van der Waals surface area (Å²) in [6.45, 7) is 0. The Hall–Kier alpha value is -6.00. The summed E-state index contributed by atoms with van der Waals surface area (Å²) in [6, 6.07) is 54.6. The van der Waals surface area contributed by atoms with Crippen LogP contribution in [-0.2, 0) is 0 Å². The van der Waals surface area contributed by atoms with E-state index in [9.17, 15) is 0 Å². The molecule has 1 fully saturated rings. The normalized spacial score (nSPS) is 13.9. The molecule has 1 aliphatic rings. The van der Waals surface area contributed by atoms with E-state index in [1.165, 1.54) is 75.9 Å². The van der Waals surface area contributed by atoms with Crippen molar-refractivity contribution < 1.29 is 0 Å². The molecule has 50 heavy (non-hydrogen) atoms. The fourth-order valence-electron chi connectivity index (χ4n) is 8.44. The van der Waals surface area contributed by atoms with Gasteiger partial charge in [0.25, 0.3) is 0 Å². The molecule has 6 aromatic carbocycles. The van der Waals surface area contributed by atoms with Crippen LogP contribution in [0.5, 0.6) is 0 Å². The van der Waals surface area contributed by atoms with Gasteiger partial charge in [0.15, 0.2) is 0 Å². The lowest BCUT2D eigenvalue weighted by atomic mass is 9.80. The number of hydrogen-bond donors (Lipinski definition) is 0. The van der Waals surface area contributed by atoms with E-state index in [2.05, 4.69) is 161 Å². The van der Waals surface area contributed by atoms with Crippen molar-refractivity contribution >= 4 is 43.6 Å². The average molecular weight is 645 g/mol. The second kappa shape index (κ2) is 11.9. The van der Waals surface area contributed by atoms with E-state index in [1.807, 2.05) is 0 Å². The van der Waals surface area contributed by atoms with Crippen molar-refractivity contribution in [2.45, 2.75) is 38.0 Å². The number of para-hydroxylation sites is 4. The number of hydrogen-bond acceptors (Lipinski definition) is 2. The lowest BCUT2D eigenvalue weighted by Crippen LogP contribution is -2.10. The number of aromatic nitrogens is 4. The third-order valence-electron chi connectivity index (χ3n) is 10.8.